The van der Waals surface area contributed by atoms with E-state index in [0.29, 0.717) is 0 Å². The summed E-state index contributed by atoms with van der Waals surface area (Å²) in [6.07, 6.45) is 3.15. The maximum atomic E-state index is 10.0. The van der Waals surface area contributed by atoms with E-state index in [1.54, 1.807) is 0 Å². The fourth-order valence-corrected chi connectivity index (χ4v) is 5.20. The average Bonchev–Trinajstić information content (AvgIpc) is 2.93. The number of fused-ring (bicyclic) bond motifs is 6. The van der Waals surface area contributed by atoms with Crippen LogP contribution in [0.25, 0.3) is 54.8 Å². The van der Waals surface area contributed by atoms with E-state index in [9.17, 15) is 4.79 Å². The molecule has 0 saturated heterocycles. The molecule has 4 nitrogen and oxygen atoms in total. The number of aromatic nitrogens is 2. The molecule has 1 aromatic heterocycles. The number of rotatable bonds is 3. The predicted molar refractivity (Wildman–Crippen MR) is 165 cm³/mol. The molecule has 0 amide bonds. The van der Waals surface area contributed by atoms with Crippen molar-refractivity contribution in [2.45, 2.75) is 20.8 Å². The third-order valence-corrected chi connectivity index (χ3v) is 6.79. The van der Waals surface area contributed by atoms with E-state index in [-0.39, 0.29) is 31.6 Å². The zero-order valence-electron chi connectivity index (χ0n) is 23.3. The molecule has 5 heteroatoms. The van der Waals surface area contributed by atoms with Crippen molar-refractivity contribution in [3.05, 3.63) is 134 Å². The first-order chi connectivity index (χ1) is 19.2. The first-order valence-corrected chi connectivity index (χ1v) is 13.1. The number of benzene rings is 5. The quantitative estimate of drug-likeness (QED) is 0.0660. The summed E-state index contributed by atoms with van der Waals surface area (Å²) in [5, 5.41) is 12.9. The largest absolute Gasteiger partial charge is 0.512 e. The maximum Gasteiger partial charge on any atom is 0.155 e. The molecule has 0 fully saturated rings. The smallest absolute Gasteiger partial charge is 0.155 e. The predicted octanol–water partition coefficient (Wildman–Crippen LogP) is 8.33. The van der Waals surface area contributed by atoms with Gasteiger partial charge in [-0.25, -0.2) is 0 Å². The van der Waals surface area contributed by atoms with Gasteiger partial charge in [-0.2, -0.15) is 18.6 Å². The van der Waals surface area contributed by atoms with Gasteiger partial charge < -0.3 is 9.67 Å². The van der Waals surface area contributed by atoms with Crippen molar-refractivity contribution in [3.63, 3.8) is 0 Å². The maximum absolute atomic E-state index is 10.0. The van der Waals surface area contributed by atoms with E-state index < -0.39 is 0 Å². The minimum absolute atomic E-state index is 0. The van der Waals surface area contributed by atoms with Crippen LogP contribution < -0.4 is 4.57 Å². The van der Waals surface area contributed by atoms with Crippen molar-refractivity contribution >= 4 is 38.4 Å². The van der Waals surface area contributed by atoms with Crippen LogP contribution in [0.3, 0.4) is 0 Å². The summed E-state index contributed by atoms with van der Waals surface area (Å²) in [5.41, 5.74) is 8.63. The van der Waals surface area contributed by atoms with Crippen LogP contribution in [0.2, 0.25) is 0 Å². The molecular formula is C36H31IrN2O2-. The van der Waals surface area contributed by atoms with E-state index in [2.05, 4.69) is 92.8 Å². The zero-order valence-corrected chi connectivity index (χ0v) is 25.7. The Hall–Kier alpha value is -4.44. The first kappa shape index (κ1) is 29.5. The Bertz CT molecular complexity index is 1910. The summed E-state index contributed by atoms with van der Waals surface area (Å²) in [4.78, 5) is 15.0. The van der Waals surface area contributed by atoms with E-state index in [4.69, 9.17) is 10.1 Å². The molecule has 0 bridgehead atoms. The molecule has 1 radical (unpaired) electrons. The van der Waals surface area contributed by atoms with Crippen molar-refractivity contribution in [3.8, 4) is 22.3 Å². The number of aliphatic hydroxyl groups is 1. The normalized spacial score (nSPS) is 11.1. The molecule has 1 heterocycles. The Labute approximate surface area is 254 Å². The van der Waals surface area contributed by atoms with Crippen LogP contribution in [0.15, 0.2) is 109 Å². The van der Waals surface area contributed by atoms with Gasteiger partial charge in [0, 0.05) is 38.9 Å². The van der Waals surface area contributed by atoms with Gasteiger partial charge in [0.05, 0.1) is 23.0 Å². The number of carbonyl (C=O) groups excluding carboxylic acids is 1. The van der Waals surface area contributed by atoms with Crippen LogP contribution in [0.4, 0.5) is 0 Å². The van der Waals surface area contributed by atoms with Crippen LogP contribution in [0.1, 0.15) is 25.1 Å². The Kier molecular flexibility index (Phi) is 8.92. The molecule has 0 unspecified atom stereocenters. The number of ketones is 1. The number of hydrogen-bond acceptors (Lipinski definition) is 3. The molecule has 0 spiro atoms. The molecule has 0 atom stereocenters. The van der Waals surface area contributed by atoms with E-state index in [1.165, 1.54) is 47.4 Å². The van der Waals surface area contributed by atoms with Gasteiger partial charge in [-0.1, -0.05) is 89.8 Å². The van der Waals surface area contributed by atoms with Crippen LogP contribution in [0.5, 0.6) is 0 Å². The van der Waals surface area contributed by atoms with Crippen molar-refractivity contribution in [2.75, 3.05) is 0 Å². The SMILES string of the molecule is CC(=O)/C=C(/C)O.[CH2-]c1cc(-c2ccccc2)cc2c3cc(-c4ccccc4)ccc3c3nc(C)c[n+]([CH2-])c3c12.[Ir]. The standard InChI is InChI=1S/C31H23N2.C5H8O2.Ir/c1-20-16-25(23-12-8-5-9-13-23)18-28-27-17-24(22-10-6-4-7-11-22)14-15-26(27)30-31(29(20)28)33(3)19-21(2)32-30;1-4(6)3-5(2)7;/h4-19H,1,3H2,2H3;3,6H,1-2H3;/q-1;;/b;4-3-;. The summed E-state index contributed by atoms with van der Waals surface area (Å²) >= 11 is 0. The number of aryl methyl sites for hydroxylation is 1. The third kappa shape index (κ3) is 6.17. The first-order valence-electron chi connectivity index (χ1n) is 13.1. The topological polar surface area (TPSA) is 54.1 Å². The molecule has 6 rings (SSSR count). The second kappa shape index (κ2) is 12.4. The minimum Gasteiger partial charge on any atom is -0.512 e. The second-order valence-electron chi connectivity index (χ2n) is 10.00. The molecule has 207 valence electrons. The van der Waals surface area contributed by atoms with Gasteiger partial charge in [0.2, 0.25) is 0 Å². The number of nitrogens with zero attached hydrogens (tertiary/aromatic N) is 2. The van der Waals surface area contributed by atoms with Crippen LogP contribution in [-0.2, 0) is 24.9 Å². The Morgan fingerprint density at radius 2 is 1.39 bits per heavy atom. The minimum atomic E-state index is -0.125. The van der Waals surface area contributed by atoms with Crippen molar-refractivity contribution in [1.82, 2.24) is 4.98 Å². The fourth-order valence-electron chi connectivity index (χ4n) is 5.20. The van der Waals surface area contributed by atoms with E-state index >= 15 is 0 Å². The molecule has 0 saturated carbocycles. The summed E-state index contributed by atoms with van der Waals surface area (Å²) in [5.74, 6) is -0.0625. The molecule has 0 aliphatic rings. The monoisotopic (exact) mass is 716 g/mol. The molecular weight excluding hydrogens is 685 g/mol. The van der Waals surface area contributed by atoms with E-state index in [1.807, 2.05) is 29.8 Å². The summed E-state index contributed by atoms with van der Waals surface area (Å²) < 4.78 is 1.95. The Balaban J connectivity index is 0.000000434. The van der Waals surface area contributed by atoms with Gasteiger partial charge in [0.1, 0.15) is 0 Å². The average molecular weight is 716 g/mol. The summed E-state index contributed by atoms with van der Waals surface area (Å²) in [6.45, 7) is 9.33. The zero-order chi connectivity index (χ0) is 28.4. The molecule has 5 aromatic carbocycles. The Morgan fingerprint density at radius 3 is 1.95 bits per heavy atom. The molecule has 41 heavy (non-hydrogen) atoms. The summed E-state index contributed by atoms with van der Waals surface area (Å²) in [7, 11) is 4.30. The molecule has 0 aliphatic carbocycles. The molecule has 6 aromatic rings. The molecule has 1 N–H and O–H groups in total. The van der Waals surface area contributed by atoms with Crippen molar-refractivity contribution in [1.29, 1.82) is 0 Å². The Morgan fingerprint density at radius 1 is 0.805 bits per heavy atom. The summed E-state index contributed by atoms with van der Waals surface area (Å²) in [6, 6.07) is 32.1. The van der Waals surface area contributed by atoms with Crippen molar-refractivity contribution < 1.29 is 34.6 Å². The van der Waals surface area contributed by atoms with Gasteiger partial charge in [-0.15, -0.1) is 5.39 Å². The molecule has 0 aliphatic heterocycles. The number of allylic oxidation sites excluding steroid dienone is 2. The van der Waals surface area contributed by atoms with Crippen molar-refractivity contribution in [2.24, 2.45) is 0 Å². The van der Waals surface area contributed by atoms with Crippen LogP contribution >= 0.6 is 0 Å². The van der Waals surface area contributed by atoms with Crippen LogP contribution in [0, 0.1) is 20.9 Å². The number of hydrogen-bond donors (Lipinski definition) is 1. The number of carbonyl (C=O) groups is 1. The van der Waals surface area contributed by atoms with E-state index in [0.717, 1.165) is 38.6 Å². The van der Waals surface area contributed by atoms with Gasteiger partial charge >= 0.3 is 0 Å². The third-order valence-electron chi connectivity index (χ3n) is 6.79. The van der Waals surface area contributed by atoms with Crippen LogP contribution in [-0.4, -0.2) is 15.9 Å². The fraction of sp³-hybridized carbons (Fsp3) is 0.0833. The van der Waals surface area contributed by atoms with Gasteiger partial charge in [-0.3, -0.25) is 9.78 Å². The van der Waals surface area contributed by atoms with Gasteiger partial charge in [0.25, 0.3) is 0 Å². The second-order valence-corrected chi connectivity index (χ2v) is 10.00. The van der Waals surface area contributed by atoms with Gasteiger partial charge in [0.15, 0.2) is 5.78 Å². The number of aliphatic hydroxyl groups excluding tert-OH is 1. The van der Waals surface area contributed by atoms with Gasteiger partial charge in [-0.05, 0) is 54.3 Å².